The third-order valence-corrected chi connectivity index (χ3v) is 4.55. The Balaban J connectivity index is 1.70. The van der Waals surface area contributed by atoms with E-state index in [1.54, 1.807) is 6.07 Å². The molecule has 3 rings (SSSR count). The molecule has 0 saturated carbocycles. The SMILES string of the molecule is Cc1ccccc1NC(=O)c1nnn(CC(=O)Nc2cccc(C)c2C)c1N. The highest BCUT2D eigenvalue weighted by molar-refractivity contribution is 6.06. The van der Waals surface area contributed by atoms with Crippen molar-refractivity contribution in [1.29, 1.82) is 0 Å². The predicted octanol–water partition coefficient (Wildman–Crippen LogP) is 2.68. The average molecular weight is 378 g/mol. The highest BCUT2D eigenvalue weighted by Crippen LogP contribution is 2.19. The summed E-state index contributed by atoms with van der Waals surface area (Å²) >= 11 is 0. The summed E-state index contributed by atoms with van der Waals surface area (Å²) in [7, 11) is 0. The van der Waals surface area contributed by atoms with Crippen LogP contribution in [0.3, 0.4) is 0 Å². The van der Waals surface area contributed by atoms with Gasteiger partial charge in [0.1, 0.15) is 6.54 Å². The van der Waals surface area contributed by atoms with E-state index in [-0.39, 0.29) is 24.0 Å². The van der Waals surface area contributed by atoms with E-state index in [1.165, 1.54) is 4.68 Å². The van der Waals surface area contributed by atoms with Gasteiger partial charge in [0.15, 0.2) is 11.5 Å². The topological polar surface area (TPSA) is 115 Å². The molecule has 144 valence electrons. The maximum absolute atomic E-state index is 12.5. The number of hydrogen-bond donors (Lipinski definition) is 3. The Kier molecular flexibility index (Phi) is 5.39. The Morgan fingerprint density at radius 3 is 2.39 bits per heavy atom. The molecule has 0 aliphatic rings. The van der Waals surface area contributed by atoms with Crippen molar-refractivity contribution in [2.75, 3.05) is 16.4 Å². The van der Waals surface area contributed by atoms with Crippen LogP contribution in [0.2, 0.25) is 0 Å². The number of benzene rings is 2. The van der Waals surface area contributed by atoms with Gasteiger partial charge < -0.3 is 16.4 Å². The molecule has 2 amide bonds. The molecule has 3 aromatic rings. The fourth-order valence-corrected chi connectivity index (χ4v) is 2.71. The molecular formula is C20H22N6O2. The van der Waals surface area contributed by atoms with E-state index in [9.17, 15) is 9.59 Å². The number of aromatic nitrogens is 3. The quantitative estimate of drug-likeness (QED) is 0.631. The monoisotopic (exact) mass is 378 g/mol. The largest absolute Gasteiger partial charge is 0.382 e. The molecule has 8 nitrogen and oxygen atoms in total. The van der Waals surface area contributed by atoms with Crippen LogP contribution in [-0.4, -0.2) is 26.8 Å². The van der Waals surface area contributed by atoms with Crippen molar-refractivity contribution in [2.24, 2.45) is 0 Å². The molecule has 0 unspecified atom stereocenters. The molecule has 0 fully saturated rings. The van der Waals surface area contributed by atoms with Crippen molar-refractivity contribution in [3.8, 4) is 0 Å². The van der Waals surface area contributed by atoms with Crippen LogP contribution in [-0.2, 0) is 11.3 Å². The zero-order chi connectivity index (χ0) is 20.3. The van der Waals surface area contributed by atoms with Crippen molar-refractivity contribution in [1.82, 2.24) is 15.0 Å². The zero-order valence-electron chi connectivity index (χ0n) is 16.0. The number of anilines is 3. The summed E-state index contributed by atoms with van der Waals surface area (Å²) in [5.74, 6) is -0.758. The third-order valence-electron chi connectivity index (χ3n) is 4.55. The van der Waals surface area contributed by atoms with E-state index < -0.39 is 5.91 Å². The summed E-state index contributed by atoms with van der Waals surface area (Å²) in [5, 5.41) is 13.3. The number of nitrogens with two attached hydrogens (primary N) is 1. The lowest BCUT2D eigenvalue weighted by Gasteiger charge is -2.10. The van der Waals surface area contributed by atoms with Crippen LogP contribution in [0.4, 0.5) is 17.2 Å². The minimum Gasteiger partial charge on any atom is -0.382 e. The number of nitrogens with zero attached hydrogens (tertiary/aromatic N) is 3. The Hall–Kier alpha value is -3.68. The minimum atomic E-state index is -0.479. The lowest BCUT2D eigenvalue weighted by molar-refractivity contribution is -0.116. The summed E-state index contributed by atoms with van der Waals surface area (Å²) in [4.78, 5) is 24.8. The van der Waals surface area contributed by atoms with E-state index in [2.05, 4.69) is 20.9 Å². The summed E-state index contributed by atoms with van der Waals surface area (Å²) < 4.78 is 1.20. The molecule has 0 saturated heterocycles. The molecule has 0 aliphatic heterocycles. The second-order valence-electron chi connectivity index (χ2n) is 6.55. The van der Waals surface area contributed by atoms with E-state index in [4.69, 9.17) is 5.73 Å². The van der Waals surface area contributed by atoms with Gasteiger partial charge in [0, 0.05) is 11.4 Å². The Bertz CT molecular complexity index is 1040. The number of nitrogens with one attached hydrogen (secondary N) is 2. The Morgan fingerprint density at radius 2 is 1.64 bits per heavy atom. The maximum Gasteiger partial charge on any atom is 0.280 e. The molecule has 4 N–H and O–H groups in total. The number of carbonyl (C=O) groups is 2. The second-order valence-corrected chi connectivity index (χ2v) is 6.55. The number of aryl methyl sites for hydroxylation is 2. The van der Waals surface area contributed by atoms with Gasteiger partial charge in [-0.3, -0.25) is 9.59 Å². The summed E-state index contributed by atoms with van der Waals surface area (Å²) in [6, 6.07) is 13.0. The molecular weight excluding hydrogens is 356 g/mol. The first-order valence-corrected chi connectivity index (χ1v) is 8.79. The van der Waals surface area contributed by atoms with Crippen molar-refractivity contribution in [2.45, 2.75) is 27.3 Å². The standard InChI is InChI=1S/C20H22N6O2/c1-12-8-6-10-16(14(12)3)22-17(27)11-26-19(21)18(24-25-26)20(28)23-15-9-5-4-7-13(15)2/h4-10H,11,21H2,1-3H3,(H,22,27)(H,23,28). The van der Waals surface area contributed by atoms with E-state index in [1.807, 2.05) is 57.2 Å². The predicted molar refractivity (Wildman–Crippen MR) is 108 cm³/mol. The number of para-hydroxylation sites is 1. The fourth-order valence-electron chi connectivity index (χ4n) is 2.71. The molecule has 1 heterocycles. The van der Waals surface area contributed by atoms with Crippen LogP contribution >= 0.6 is 0 Å². The van der Waals surface area contributed by atoms with E-state index >= 15 is 0 Å². The summed E-state index contributed by atoms with van der Waals surface area (Å²) in [6.07, 6.45) is 0. The molecule has 0 atom stereocenters. The lowest BCUT2D eigenvalue weighted by Crippen LogP contribution is -2.22. The average Bonchev–Trinajstić information content (AvgIpc) is 3.01. The van der Waals surface area contributed by atoms with Crippen molar-refractivity contribution in [3.05, 3.63) is 64.8 Å². The van der Waals surface area contributed by atoms with Crippen molar-refractivity contribution >= 4 is 29.0 Å². The van der Waals surface area contributed by atoms with Gasteiger partial charge in [-0.15, -0.1) is 5.10 Å². The van der Waals surface area contributed by atoms with Gasteiger partial charge in [0.05, 0.1) is 0 Å². The number of hydrogen-bond acceptors (Lipinski definition) is 5. The van der Waals surface area contributed by atoms with Gasteiger partial charge >= 0.3 is 0 Å². The van der Waals surface area contributed by atoms with E-state index in [0.717, 1.165) is 22.4 Å². The normalized spacial score (nSPS) is 10.5. The first kappa shape index (κ1) is 19.1. The maximum atomic E-state index is 12.5. The van der Waals surface area contributed by atoms with Crippen molar-refractivity contribution < 1.29 is 9.59 Å². The number of carbonyl (C=O) groups excluding carboxylic acids is 2. The van der Waals surface area contributed by atoms with Crippen LogP contribution in [0.1, 0.15) is 27.2 Å². The van der Waals surface area contributed by atoms with Gasteiger partial charge in [-0.2, -0.15) is 0 Å². The number of nitrogen functional groups attached to an aromatic ring is 1. The second kappa shape index (κ2) is 7.91. The van der Waals surface area contributed by atoms with Crippen LogP contribution < -0.4 is 16.4 Å². The summed E-state index contributed by atoms with van der Waals surface area (Å²) in [6.45, 7) is 5.64. The highest BCUT2D eigenvalue weighted by atomic mass is 16.2. The Morgan fingerprint density at radius 1 is 0.964 bits per heavy atom. The third kappa shape index (κ3) is 4.01. The molecule has 0 radical (unpaired) electrons. The summed E-state index contributed by atoms with van der Waals surface area (Å²) in [5.41, 5.74) is 10.3. The van der Waals surface area contributed by atoms with Gasteiger partial charge in [0.25, 0.3) is 5.91 Å². The van der Waals surface area contributed by atoms with Gasteiger partial charge in [-0.05, 0) is 49.6 Å². The molecule has 28 heavy (non-hydrogen) atoms. The van der Waals surface area contributed by atoms with Crippen LogP contribution in [0.15, 0.2) is 42.5 Å². The zero-order valence-corrected chi connectivity index (χ0v) is 16.0. The Labute approximate surface area is 162 Å². The number of rotatable bonds is 5. The van der Waals surface area contributed by atoms with Gasteiger partial charge in [-0.25, -0.2) is 4.68 Å². The number of amides is 2. The first-order chi connectivity index (χ1) is 13.4. The van der Waals surface area contributed by atoms with Gasteiger partial charge in [0.2, 0.25) is 5.91 Å². The lowest BCUT2D eigenvalue weighted by atomic mass is 10.1. The molecule has 0 bridgehead atoms. The van der Waals surface area contributed by atoms with Crippen molar-refractivity contribution in [3.63, 3.8) is 0 Å². The molecule has 2 aromatic carbocycles. The van der Waals surface area contributed by atoms with Crippen LogP contribution in [0, 0.1) is 20.8 Å². The van der Waals surface area contributed by atoms with Gasteiger partial charge in [-0.1, -0.05) is 35.5 Å². The minimum absolute atomic E-state index is 0.0252. The molecule has 0 aliphatic carbocycles. The fraction of sp³-hybridized carbons (Fsp3) is 0.200. The van der Waals surface area contributed by atoms with E-state index in [0.29, 0.717) is 5.69 Å². The first-order valence-electron chi connectivity index (χ1n) is 8.79. The van der Waals surface area contributed by atoms with Crippen LogP contribution in [0.25, 0.3) is 0 Å². The molecule has 0 spiro atoms. The highest BCUT2D eigenvalue weighted by Gasteiger charge is 2.19. The van der Waals surface area contributed by atoms with Crippen LogP contribution in [0.5, 0.6) is 0 Å². The molecule has 1 aromatic heterocycles. The smallest absolute Gasteiger partial charge is 0.280 e. The molecule has 8 heteroatoms.